The standard InChI is InChI=1S/C22H23ClF2O4S/c1-2-3-15-16-12-29-21-18(25)9-8-17(24)20(21)22(16,11-10-19(15)26)30(27,28)14-6-4-13(23)5-7-14/h4-9,15-16,19,26H,2-3,10-12H2,1H3/t15-,16-,19+,22-/m0/s1. The quantitative estimate of drug-likeness (QED) is 0.713. The highest BCUT2D eigenvalue weighted by atomic mass is 35.5. The van der Waals surface area contributed by atoms with Crippen LogP contribution in [0.2, 0.25) is 5.02 Å². The van der Waals surface area contributed by atoms with Crippen LogP contribution in [0.15, 0.2) is 41.3 Å². The average Bonchev–Trinajstić information content (AvgIpc) is 2.72. The summed E-state index contributed by atoms with van der Waals surface area (Å²) in [5, 5.41) is 11.0. The van der Waals surface area contributed by atoms with Gasteiger partial charge in [0.2, 0.25) is 0 Å². The van der Waals surface area contributed by atoms with Gasteiger partial charge in [-0.1, -0.05) is 24.9 Å². The zero-order valence-corrected chi connectivity index (χ0v) is 18.0. The lowest BCUT2D eigenvalue weighted by Gasteiger charge is -2.52. The summed E-state index contributed by atoms with van der Waals surface area (Å²) < 4.78 is 61.8. The van der Waals surface area contributed by atoms with Crippen molar-refractivity contribution in [2.45, 2.75) is 48.4 Å². The molecule has 1 saturated carbocycles. The van der Waals surface area contributed by atoms with Gasteiger partial charge in [0.05, 0.1) is 23.2 Å². The molecule has 0 unspecified atom stereocenters. The van der Waals surface area contributed by atoms with Crippen molar-refractivity contribution >= 4 is 21.4 Å². The number of sulfone groups is 1. The zero-order valence-electron chi connectivity index (χ0n) is 16.4. The second-order valence-electron chi connectivity index (χ2n) is 8.06. The Morgan fingerprint density at radius 3 is 2.50 bits per heavy atom. The molecule has 30 heavy (non-hydrogen) atoms. The maximum absolute atomic E-state index is 15.2. The first-order valence-electron chi connectivity index (χ1n) is 10.0. The molecule has 1 fully saturated rings. The maximum atomic E-state index is 15.2. The summed E-state index contributed by atoms with van der Waals surface area (Å²) in [5.74, 6) is -3.10. The van der Waals surface area contributed by atoms with E-state index in [-0.39, 0.29) is 35.7 Å². The van der Waals surface area contributed by atoms with Crippen molar-refractivity contribution in [2.24, 2.45) is 11.8 Å². The molecule has 2 aliphatic rings. The highest BCUT2D eigenvalue weighted by Crippen LogP contribution is 2.58. The molecule has 4 nitrogen and oxygen atoms in total. The number of hydrogen-bond donors (Lipinski definition) is 1. The second-order valence-corrected chi connectivity index (χ2v) is 10.7. The Morgan fingerprint density at radius 2 is 1.83 bits per heavy atom. The lowest BCUT2D eigenvalue weighted by molar-refractivity contribution is -0.0243. The fourth-order valence-corrected chi connectivity index (χ4v) is 7.73. The van der Waals surface area contributed by atoms with Crippen LogP contribution < -0.4 is 4.74 Å². The van der Waals surface area contributed by atoms with Crippen LogP contribution in [0.1, 0.15) is 38.2 Å². The van der Waals surface area contributed by atoms with Crippen molar-refractivity contribution in [2.75, 3.05) is 6.61 Å². The van der Waals surface area contributed by atoms with Gasteiger partial charge in [-0.2, -0.15) is 0 Å². The summed E-state index contributed by atoms with van der Waals surface area (Å²) in [4.78, 5) is -0.0138. The van der Waals surface area contributed by atoms with Crippen LogP contribution >= 0.6 is 11.6 Å². The van der Waals surface area contributed by atoms with E-state index in [1.165, 1.54) is 24.3 Å². The van der Waals surface area contributed by atoms with Crippen molar-refractivity contribution in [3.8, 4) is 5.75 Å². The summed E-state index contributed by atoms with van der Waals surface area (Å²) in [6.45, 7) is 1.83. The third kappa shape index (κ3) is 3.05. The van der Waals surface area contributed by atoms with Crippen LogP contribution in [0.4, 0.5) is 8.78 Å². The minimum atomic E-state index is -4.18. The molecule has 0 amide bonds. The molecule has 2 aromatic carbocycles. The number of aliphatic hydroxyl groups is 1. The molecule has 0 aromatic heterocycles. The Morgan fingerprint density at radius 1 is 1.17 bits per heavy atom. The largest absolute Gasteiger partial charge is 0.490 e. The molecule has 1 N–H and O–H groups in total. The van der Waals surface area contributed by atoms with E-state index in [1.54, 1.807) is 0 Å². The third-order valence-electron chi connectivity index (χ3n) is 6.54. The number of aliphatic hydroxyl groups excluding tert-OH is 1. The normalized spacial score (nSPS) is 28.4. The van der Waals surface area contributed by atoms with Gasteiger partial charge >= 0.3 is 0 Å². The smallest absolute Gasteiger partial charge is 0.188 e. The van der Waals surface area contributed by atoms with E-state index in [0.717, 1.165) is 12.1 Å². The van der Waals surface area contributed by atoms with Crippen molar-refractivity contribution < 1.29 is 27.0 Å². The Hall–Kier alpha value is -1.70. The number of rotatable bonds is 4. The van der Waals surface area contributed by atoms with Crippen LogP contribution in [0, 0.1) is 23.5 Å². The predicted molar refractivity (Wildman–Crippen MR) is 109 cm³/mol. The molecule has 1 heterocycles. The SMILES string of the molecule is CCC[C@@H]1[C@H](O)CC[C@@]2(S(=O)(=O)c3ccc(Cl)cc3)c3c(F)ccc(F)c3OC[C@@H]12. The molecule has 0 spiro atoms. The minimum Gasteiger partial charge on any atom is -0.490 e. The van der Waals surface area contributed by atoms with Gasteiger partial charge in [-0.25, -0.2) is 17.2 Å². The first kappa shape index (κ1) is 21.5. The van der Waals surface area contributed by atoms with Crippen molar-refractivity contribution in [1.82, 2.24) is 0 Å². The molecular weight excluding hydrogens is 434 g/mol. The summed E-state index contributed by atoms with van der Waals surface area (Å²) in [5.41, 5.74) is -0.262. The van der Waals surface area contributed by atoms with Crippen molar-refractivity contribution in [3.05, 3.63) is 58.6 Å². The number of halogens is 3. The Labute approximate surface area is 179 Å². The summed E-state index contributed by atoms with van der Waals surface area (Å²) in [6, 6.07) is 7.58. The van der Waals surface area contributed by atoms with E-state index in [4.69, 9.17) is 16.3 Å². The highest BCUT2D eigenvalue weighted by molar-refractivity contribution is 7.92. The summed E-state index contributed by atoms with van der Waals surface area (Å²) in [6.07, 6.45) is 0.683. The van der Waals surface area contributed by atoms with Crippen molar-refractivity contribution in [1.29, 1.82) is 0 Å². The first-order valence-corrected chi connectivity index (χ1v) is 11.9. The van der Waals surface area contributed by atoms with Crippen LogP contribution in [0.5, 0.6) is 5.75 Å². The molecule has 2 aromatic rings. The molecule has 4 atom stereocenters. The fraction of sp³-hybridized carbons (Fsp3) is 0.455. The van der Waals surface area contributed by atoms with Gasteiger partial charge in [-0.15, -0.1) is 0 Å². The summed E-state index contributed by atoms with van der Waals surface area (Å²) >= 11 is 5.94. The molecule has 0 saturated heterocycles. The lowest BCUT2D eigenvalue weighted by Crippen LogP contribution is -2.57. The second kappa shape index (κ2) is 7.77. The monoisotopic (exact) mass is 456 g/mol. The number of hydrogen-bond acceptors (Lipinski definition) is 4. The van der Waals surface area contributed by atoms with Gasteiger partial charge in [-0.05, 0) is 61.6 Å². The van der Waals surface area contributed by atoms with Crippen LogP contribution in [0.25, 0.3) is 0 Å². The van der Waals surface area contributed by atoms with Gasteiger partial charge in [-0.3, -0.25) is 0 Å². The maximum Gasteiger partial charge on any atom is 0.188 e. The van der Waals surface area contributed by atoms with Gasteiger partial charge in [0.15, 0.2) is 21.4 Å². The van der Waals surface area contributed by atoms with Gasteiger partial charge in [0.25, 0.3) is 0 Å². The van der Waals surface area contributed by atoms with E-state index >= 15 is 4.39 Å². The predicted octanol–water partition coefficient (Wildman–Crippen LogP) is 4.87. The Kier molecular flexibility index (Phi) is 5.58. The highest BCUT2D eigenvalue weighted by Gasteiger charge is 2.62. The van der Waals surface area contributed by atoms with Crippen LogP contribution in [-0.4, -0.2) is 26.2 Å². The van der Waals surface area contributed by atoms with E-state index in [1.807, 2.05) is 6.92 Å². The summed E-state index contributed by atoms with van der Waals surface area (Å²) in [7, 11) is -4.18. The number of ether oxygens (including phenoxy) is 1. The van der Waals surface area contributed by atoms with E-state index in [9.17, 15) is 17.9 Å². The van der Waals surface area contributed by atoms with Crippen LogP contribution in [-0.2, 0) is 14.6 Å². The van der Waals surface area contributed by atoms with Gasteiger partial charge in [0.1, 0.15) is 10.6 Å². The fourth-order valence-electron chi connectivity index (χ4n) is 5.21. The Bertz CT molecular complexity index is 1060. The van der Waals surface area contributed by atoms with E-state index < -0.39 is 44.2 Å². The minimum absolute atomic E-state index is 0.0138. The zero-order chi connectivity index (χ0) is 21.7. The average molecular weight is 457 g/mol. The van der Waals surface area contributed by atoms with Crippen LogP contribution in [0.3, 0.4) is 0 Å². The van der Waals surface area contributed by atoms with Crippen molar-refractivity contribution in [3.63, 3.8) is 0 Å². The molecule has 0 bridgehead atoms. The van der Waals surface area contributed by atoms with E-state index in [0.29, 0.717) is 17.9 Å². The molecule has 1 aliphatic heterocycles. The molecule has 4 rings (SSSR count). The topological polar surface area (TPSA) is 63.6 Å². The third-order valence-corrected chi connectivity index (χ3v) is 9.35. The molecule has 0 radical (unpaired) electrons. The van der Waals surface area contributed by atoms with E-state index in [2.05, 4.69) is 0 Å². The molecule has 8 heteroatoms. The van der Waals surface area contributed by atoms with Gasteiger partial charge in [0, 0.05) is 10.9 Å². The number of fused-ring (bicyclic) bond motifs is 3. The number of benzene rings is 2. The lowest BCUT2D eigenvalue weighted by atomic mass is 9.65. The Balaban J connectivity index is 2.03. The molecule has 1 aliphatic carbocycles. The molecule has 162 valence electrons. The van der Waals surface area contributed by atoms with Gasteiger partial charge < -0.3 is 9.84 Å². The first-order chi connectivity index (χ1) is 14.2. The molecular formula is C22H23ClF2O4S.